The molecule has 1 aromatic rings. The third kappa shape index (κ3) is 6.00. The average Bonchev–Trinajstić information content (AvgIpc) is 2.87. The molecular formula is C14H23ClN4OS. The molecule has 7 heteroatoms. The summed E-state index contributed by atoms with van der Waals surface area (Å²) < 4.78 is 17.6. The van der Waals surface area contributed by atoms with E-state index in [2.05, 4.69) is 9.35 Å². The quantitative estimate of drug-likeness (QED) is 0.610. The normalized spacial score (nSPS) is 20.4. The van der Waals surface area contributed by atoms with Crippen LogP contribution >= 0.6 is 11.6 Å². The smallest absolute Gasteiger partial charge is 0.215 e. The number of rotatable bonds is 2. The van der Waals surface area contributed by atoms with E-state index in [4.69, 9.17) is 16.9 Å². The minimum Gasteiger partial charge on any atom is -0.244 e. The minimum absolute atomic E-state index is 0.428. The van der Waals surface area contributed by atoms with Crippen molar-refractivity contribution in [1.29, 1.82) is 5.26 Å². The van der Waals surface area contributed by atoms with Crippen molar-refractivity contribution >= 4 is 21.5 Å². The van der Waals surface area contributed by atoms with Crippen LogP contribution in [-0.4, -0.2) is 25.8 Å². The van der Waals surface area contributed by atoms with E-state index in [-0.39, 0.29) is 0 Å². The third-order valence-electron chi connectivity index (χ3n) is 2.55. The molecule has 0 N–H and O–H groups in total. The summed E-state index contributed by atoms with van der Waals surface area (Å²) in [6, 6.07) is 3.52. The lowest BCUT2D eigenvalue weighted by Gasteiger charge is -2.16. The Bertz CT molecular complexity index is 559. The summed E-state index contributed by atoms with van der Waals surface area (Å²) in [4.78, 5) is 3.97. The molecule has 0 spiro atoms. The number of hydrogen-bond acceptors (Lipinski definition) is 4. The fourth-order valence-corrected chi connectivity index (χ4v) is 3.73. The number of nitriles is 1. The second-order valence-corrected chi connectivity index (χ2v) is 6.42. The molecule has 0 aliphatic carbocycles. The summed E-state index contributed by atoms with van der Waals surface area (Å²) in [6.45, 7) is 9.17. The molecule has 5 nitrogen and oxygen atoms in total. The van der Waals surface area contributed by atoms with Gasteiger partial charge in [-0.05, 0) is 18.1 Å². The Morgan fingerprint density at radius 2 is 2.10 bits per heavy atom. The second-order valence-electron chi connectivity index (χ2n) is 3.71. The standard InChI is InChI=1S/C10H11ClN4OS.2C2H6/c11-10-3-2-9(6-13-10)7-15-4-1-5-17(15,16)14-8-12;2*1-2/h2-3,6H,1,4-5,7H2;2*1-2H3. The minimum atomic E-state index is -2.52. The molecule has 1 fully saturated rings. The fraction of sp³-hybridized carbons (Fsp3) is 0.571. The van der Waals surface area contributed by atoms with Crippen LogP contribution in [0.25, 0.3) is 0 Å². The van der Waals surface area contributed by atoms with Crippen LogP contribution < -0.4 is 0 Å². The molecule has 2 heterocycles. The number of hydrogen-bond donors (Lipinski definition) is 0. The molecule has 2 rings (SSSR count). The van der Waals surface area contributed by atoms with E-state index in [1.807, 2.05) is 33.8 Å². The van der Waals surface area contributed by atoms with Gasteiger partial charge >= 0.3 is 0 Å². The first-order valence-corrected chi connectivity index (χ1v) is 9.14. The van der Waals surface area contributed by atoms with Crippen LogP contribution in [0.5, 0.6) is 0 Å². The topological polar surface area (TPSA) is 69.3 Å². The molecule has 1 atom stereocenters. The second kappa shape index (κ2) is 10.6. The summed E-state index contributed by atoms with van der Waals surface area (Å²) in [5.41, 5.74) is 0.914. The predicted molar refractivity (Wildman–Crippen MR) is 88.0 cm³/mol. The Morgan fingerprint density at radius 3 is 2.62 bits per heavy atom. The Morgan fingerprint density at radius 1 is 1.43 bits per heavy atom. The molecule has 21 heavy (non-hydrogen) atoms. The molecule has 0 amide bonds. The molecule has 1 saturated heterocycles. The van der Waals surface area contributed by atoms with Gasteiger partial charge in [-0.25, -0.2) is 13.5 Å². The monoisotopic (exact) mass is 330 g/mol. The van der Waals surface area contributed by atoms with Crippen LogP contribution in [0.15, 0.2) is 22.7 Å². The van der Waals surface area contributed by atoms with E-state index in [9.17, 15) is 4.21 Å². The molecule has 1 aromatic heterocycles. The van der Waals surface area contributed by atoms with Crippen LogP contribution in [0.4, 0.5) is 0 Å². The van der Waals surface area contributed by atoms with Gasteiger partial charge in [0.2, 0.25) is 6.19 Å². The van der Waals surface area contributed by atoms with Gasteiger partial charge in [0.15, 0.2) is 0 Å². The van der Waals surface area contributed by atoms with Crippen molar-refractivity contribution in [3.63, 3.8) is 0 Å². The Kier molecular flexibility index (Phi) is 9.97. The van der Waals surface area contributed by atoms with Crippen LogP contribution in [0, 0.1) is 11.5 Å². The van der Waals surface area contributed by atoms with Gasteiger partial charge in [0.25, 0.3) is 0 Å². The zero-order valence-corrected chi connectivity index (χ0v) is 14.6. The number of nitrogens with zero attached hydrogens (tertiary/aromatic N) is 4. The molecule has 0 aromatic carbocycles. The SMILES string of the molecule is CC.CC.N#CN=S1(=O)CCCN1Cc1ccc(Cl)nc1. The lowest BCUT2D eigenvalue weighted by atomic mass is 10.3. The van der Waals surface area contributed by atoms with E-state index in [1.165, 1.54) is 0 Å². The molecule has 1 aliphatic heterocycles. The largest absolute Gasteiger partial charge is 0.244 e. The van der Waals surface area contributed by atoms with Gasteiger partial charge in [0.05, 0.1) is 0 Å². The van der Waals surface area contributed by atoms with Crippen molar-refractivity contribution < 1.29 is 4.21 Å². The highest BCUT2D eigenvalue weighted by Gasteiger charge is 2.26. The fourth-order valence-electron chi connectivity index (χ4n) is 1.75. The zero-order chi connectivity index (χ0) is 16.3. The van der Waals surface area contributed by atoms with Gasteiger partial charge in [-0.3, -0.25) is 0 Å². The van der Waals surface area contributed by atoms with Gasteiger partial charge < -0.3 is 0 Å². The highest BCUT2D eigenvalue weighted by Crippen LogP contribution is 2.19. The lowest BCUT2D eigenvalue weighted by Crippen LogP contribution is -2.24. The van der Waals surface area contributed by atoms with Gasteiger partial charge in [-0.2, -0.15) is 5.26 Å². The predicted octanol–water partition coefficient (Wildman–Crippen LogP) is 3.86. The van der Waals surface area contributed by atoms with Gasteiger partial charge in [-0.15, -0.1) is 4.36 Å². The van der Waals surface area contributed by atoms with Gasteiger partial charge in [0, 0.05) is 25.0 Å². The molecule has 118 valence electrons. The highest BCUT2D eigenvalue weighted by molar-refractivity contribution is 7.91. The summed E-state index contributed by atoms with van der Waals surface area (Å²) in [5.74, 6) is 0.460. The summed E-state index contributed by atoms with van der Waals surface area (Å²) in [5, 5.41) is 8.99. The maximum atomic E-state index is 12.3. The van der Waals surface area contributed by atoms with Crippen LogP contribution in [0.3, 0.4) is 0 Å². The number of aromatic nitrogens is 1. The first-order chi connectivity index (χ1) is 10.1. The Labute approximate surface area is 133 Å². The molecule has 1 aliphatic rings. The van der Waals surface area contributed by atoms with E-state index >= 15 is 0 Å². The average molecular weight is 331 g/mol. The summed E-state index contributed by atoms with van der Waals surface area (Å²) in [7, 11) is -2.52. The molecule has 0 saturated carbocycles. The summed E-state index contributed by atoms with van der Waals surface area (Å²) in [6.07, 6.45) is 4.09. The van der Waals surface area contributed by atoms with Crippen molar-refractivity contribution in [3.8, 4) is 6.19 Å². The molecule has 1 unspecified atom stereocenters. The Hall–Kier alpha value is -1.16. The maximum absolute atomic E-state index is 12.3. The van der Waals surface area contributed by atoms with E-state index in [1.54, 1.807) is 22.8 Å². The first-order valence-electron chi connectivity index (χ1n) is 7.12. The van der Waals surface area contributed by atoms with Crippen LogP contribution in [0.2, 0.25) is 5.15 Å². The molecular weight excluding hydrogens is 308 g/mol. The number of pyridine rings is 1. The van der Waals surface area contributed by atoms with Gasteiger partial charge in [-0.1, -0.05) is 45.4 Å². The van der Waals surface area contributed by atoms with Crippen molar-refractivity contribution in [2.24, 2.45) is 4.36 Å². The summed E-state index contributed by atoms with van der Waals surface area (Å²) >= 11 is 5.69. The molecule has 0 bridgehead atoms. The van der Waals surface area contributed by atoms with Crippen molar-refractivity contribution in [2.75, 3.05) is 12.3 Å². The van der Waals surface area contributed by atoms with E-state index < -0.39 is 9.92 Å². The van der Waals surface area contributed by atoms with Gasteiger partial charge in [0.1, 0.15) is 15.1 Å². The van der Waals surface area contributed by atoms with Crippen molar-refractivity contribution in [1.82, 2.24) is 9.29 Å². The maximum Gasteiger partial charge on any atom is 0.215 e. The Balaban J connectivity index is 0.000000921. The highest BCUT2D eigenvalue weighted by atomic mass is 35.5. The molecule has 0 radical (unpaired) electrons. The van der Waals surface area contributed by atoms with Crippen LogP contribution in [0.1, 0.15) is 39.7 Å². The number of halogens is 1. The third-order valence-corrected chi connectivity index (χ3v) is 5.08. The lowest BCUT2D eigenvalue weighted by molar-refractivity contribution is 0.465. The van der Waals surface area contributed by atoms with Crippen LogP contribution in [-0.2, 0) is 16.5 Å². The van der Waals surface area contributed by atoms with E-state index in [0.717, 1.165) is 12.0 Å². The van der Waals surface area contributed by atoms with Crippen molar-refractivity contribution in [3.05, 3.63) is 29.0 Å². The first kappa shape index (κ1) is 19.8. The van der Waals surface area contributed by atoms with E-state index in [0.29, 0.717) is 24.0 Å². The zero-order valence-electron chi connectivity index (χ0n) is 13.0. The van der Waals surface area contributed by atoms with Crippen molar-refractivity contribution in [2.45, 2.75) is 40.7 Å².